The largest absolute Gasteiger partial charge is 0.486 e. The van der Waals surface area contributed by atoms with Crippen LogP contribution in [-0.2, 0) is 4.79 Å². The molecule has 1 saturated heterocycles. The zero-order valence-corrected chi connectivity index (χ0v) is 25.9. The number of anilines is 1. The fourth-order valence-electron chi connectivity index (χ4n) is 5.29. The van der Waals surface area contributed by atoms with E-state index in [0.29, 0.717) is 5.92 Å². The molecule has 4 aromatic carbocycles. The highest BCUT2D eigenvalue weighted by molar-refractivity contribution is 9.10. The Bertz CT molecular complexity index is 1420. The van der Waals surface area contributed by atoms with Gasteiger partial charge < -0.3 is 19.7 Å². The molecule has 1 aliphatic heterocycles. The van der Waals surface area contributed by atoms with Gasteiger partial charge in [0.15, 0.2) is 0 Å². The highest BCUT2D eigenvalue weighted by Gasteiger charge is 2.23. The molecule has 1 amide bonds. The number of para-hydroxylation sites is 1. The van der Waals surface area contributed by atoms with Gasteiger partial charge in [-0.15, -0.1) is 0 Å². The number of nitrogens with zero attached hydrogens (tertiary/aromatic N) is 1. The van der Waals surface area contributed by atoms with Gasteiger partial charge in [-0.1, -0.05) is 72.2 Å². The number of amides is 1. The maximum absolute atomic E-state index is 12.2. The minimum Gasteiger partial charge on any atom is -0.486 e. The van der Waals surface area contributed by atoms with Crippen molar-refractivity contribution in [2.45, 2.75) is 45.1 Å². The number of hydrogen-bond acceptors (Lipinski definition) is 4. The molecule has 42 heavy (non-hydrogen) atoms. The summed E-state index contributed by atoms with van der Waals surface area (Å²) in [6, 6.07) is 34.5. The van der Waals surface area contributed by atoms with Gasteiger partial charge >= 0.3 is 0 Å². The maximum Gasteiger partial charge on any atom is 0.226 e. The number of carbonyl (C=O) groups excluding carboxylic acids is 1. The van der Waals surface area contributed by atoms with E-state index >= 15 is 0 Å². The second-order valence-corrected chi connectivity index (χ2v) is 12.1. The number of benzene rings is 4. The molecule has 1 fully saturated rings. The first kappa shape index (κ1) is 29.9. The Morgan fingerprint density at radius 2 is 1.52 bits per heavy atom. The van der Waals surface area contributed by atoms with E-state index in [4.69, 9.17) is 9.47 Å². The van der Waals surface area contributed by atoms with Crippen LogP contribution >= 0.6 is 15.9 Å². The van der Waals surface area contributed by atoms with Crippen molar-refractivity contribution in [3.8, 4) is 17.2 Å². The van der Waals surface area contributed by atoms with Crippen molar-refractivity contribution in [2.24, 2.45) is 5.92 Å². The quantitative estimate of drug-likeness (QED) is 0.180. The van der Waals surface area contributed by atoms with Gasteiger partial charge in [-0.3, -0.25) is 4.79 Å². The molecule has 5 rings (SSSR count). The predicted octanol–water partition coefficient (Wildman–Crippen LogP) is 9.23. The fraction of sp³-hybridized carbons (Fsp3) is 0.306. The number of ether oxygens (including phenoxy) is 2. The van der Waals surface area contributed by atoms with Crippen LogP contribution in [0.4, 0.5) is 5.69 Å². The van der Waals surface area contributed by atoms with Gasteiger partial charge in [0.2, 0.25) is 5.91 Å². The standard InChI is InChI=1S/C36H39BrN2O3/c1-26(2)36(40)38-31-8-6-7-29(25-31)27-19-22-39(23-20-27)24-21-35(28-11-13-30(37)14-12-28)42-34-17-15-33(16-18-34)41-32-9-4-3-5-10-32/h3-18,25-27,35H,19-24H2,1-2H3,(H,38,40). The molecule has 0 spiro atoms. The fourth-order valence-corrected chi connectivity index (χ4v) is 5.56. The molecular formula is C36H39BrN2O3. The summed E-state index contributed by atoms with van der Waals surface area (Å²) in [7, 11) is 0. The Hall–Kier alpha value is -3.61. The van der Waals surface area contributed by atoms with Gasteiger partial charge in [-0.25, -0.2) is 0 Å². The van der Waals surface area contributed by atoms with E-state index in [2.05, 4.69) is 68.6 Å². The van der Waals surface area contributed by atoms with E-state index in [0.717, 1.165) is 71.9 Å². The van der Waals surface area contributed by atoms with E-state index in [9.17, 15) is 4.79 Å². The second-order valence-electron chi connectivity index (χ2n) is 11.2. The van der Waals surface area contributed by atoms with Crippen LogP contribution in [0.2, 0.25) is 0 Å². The third kappa shape index (κ3) is 8.46. The van der Waals surface area contributed by atoms with Gasteiger partial charge in [0.05, 0.1) is 0 Å². The van der Waals surface area contributed by atoms with Crippen molar-refractivity contribution >= 4 is 27.5 Å². The summed E-state index contributed by atoms with van der Waals surface area (Å²) in [5, 5.41) is 3.04. The Labute approximate surface area is 258 Å². The third-order valence-corrected chi connectivity index (χ3v) is 8.30. The zero-order valence-electron chi connectivity index (χ0n) is 24.3. The molecule has 1 N–H and O–H groups in total. The summed E-state index contributed by atoms with van der Waals surface area (Å²) in [6.07, 6.45) is 3.05. The Balaban J connectivity index is 1.17. The number of halogens is 1. The molecule has 1 aliphatic rings. The average molecular weight is 628 g/mol. The van der Waals surface area contributed by atoms with Crippen LogP contribution in [0.5, 0.6) is 17.2 Å². The van der Waals surface area contributed by atoms with Crippen LogP contribution in [0.25, 0.3) is 0 Å². The highest BCUT2D eigenvalue weighted by atomic mass is 79.9. The average Bonchev–Trinajstić information content (AvgIpc) is 3.01. The minimum absolute atomic E-state index is 0.0323. The van der Waals surface area contributed by atoms with E-state index in [-0.39, 0.29) is 17.9 Å². The molecule has 4 aromatic rings. The first-order valence-corrected chi connectivity index (χ1v) is 15.6. The number of carbonyl (C=O) groups is 1. The summed E-state index contributed by atoms with van der Waals surface area (Å²) in [4.78, 5) is 14.7. The molecule has 0 aromatic heterocycles. The molecule has 1 heterocycles. The molecule has 218 valence electrons. The van der Waals surface area contributed by atoms with Gasteiger partial charge in [0.25, 0.3) is 0 Å². The predicted molar refractivity (Wildman–Crippen MR) is 173 cm³/mol. The Kier molecular flexibility index (Phi) is 10.3. The van der Waals surface area contributed by atoms with E-state index < -0.39 is 0 Å². The van der Waals surface area contributed by atoms with Crippen LogP contribution in [0, 0.1) is 5.92 Å². The lowest BCUT2D eigenvalue weighted by atomic mass is 9.89. The first-order valence-electron chi connectivity index (χ1n) is 14.8. The number of piperidine rings is 1. The summed E-state index contributed by atoms with van der Waals surface area (Å²) in [6.45, 7) is 6.89. The monoisotopic (exact) mass is 626 g/mol. The molecule has 5 nitrogen and oxygen atoms in total. The molecule has 6 heteroatoms. The van der Waals surface area contributed by atoms with Crippen molar-refractivity contribution in [2.75, 3.05) is 25.0 Å². The van der Waals surface area contributed by atoms with Crippen molar-refractivity contribution < 1.29 is 14.3 Å². The summed E-state index contributed by atoms with van der Waals surface area (Å²) in [5.74, 6) is 2.95. The van der Waals surface area contributed by atoms with Crippen molar-refractivity contribution in [1.82, 2.24) is 4.90 Å². The van der Waals surface area contributed by atoms with Crippen molar-refractivity contribution in [3.63, 3.8) is 0 Å². The van der Waals surface area contributed by atoms with Crippen LogP contribution < -0.4 is 14.8 Å². The highest BCUT2D eigenvalue weighted by Crippen LogP contribution is 2.32. The SMILES string of the molecule is CC(C)C(=O)Nc1cccc(C2CCN(CCC(Oc3ccc(Oc4ccccc4)cc3)c3ccc(Br)cc3)CC2)c1. The van der Waals surface area contributed by atoms with E-state index in [1.54, 1.807) is 0 Å². The molecule has 0 saturated carbocycles. The summed E-state index contributed by atoms with van der Waals surface area (Å²) in [5.41, 5.74) is 3.37. The van der Waals surface area contributed by atoms with Crippen molar-refractivity contribution in [1.29, 1.82) is 0 Å². The number of rotatable bonds is 11. The summed E-state index contributed by atoms with van der Waals surface area (Å²) < 4.78 is 13.6. The topological polar surface area (TPSA) is 50.8 Å². The smallest absolute Gasteiger partial charge is 0.226 e. The van der Waals surface area contributed by atoms with Crippen LogP contribution in [0.15, 0.2) is 108 Å². The molecule has 0 bridgehead atoms. The third-order valence-electron chi connectivity index (χ3n) is 7.77. The van der Waals surface area contributed by atoms with E-state index in [1.165, 1.54) is 5.56 Å². The Morgan fingerprint density at radius 1 is 0.857 bits per heavy atom. The molecule has 0 radical (unpaired) electrons. The maximum atomic E-state index is 12.2. The van der Waals surface area contributed by atoms with Crippen molar-refractivity contribution in [3.05, 3.63) is 119 Å². The minimum atomic E-state index is -0.0574. The van der Waals surface area contributed by atoms with Crippen LogP contribution in [0.1, 0.15) is 56.3 Å². The number of hydrogen-bond donors (Lipinski definition) is 1. The Morgan fingerprint density at radius 3 is 2.21 bits per heavy atom. The molecule has 0 aliphatic carbocycles. The molecule has 1 atom stereocenters. The second kappa shape index (κ2) is 14.5. The lowest BCUT2D eigenvalue weighted by Gasteiger charge is -2.33. The normalized spacial score (nSPS) is 14.9. The summed E-state index contributed by atoms with van der Waals surface area (Å²) >= 11 is 3.56. The molecule has 1 unspecified atom stereocenters. The van der Waals surface area contributed by atoms with Crippen LogP contribution in [0.3, 0.4) is 0 Å². The van der Waals surface area contributed by atoms with Crippen LogP contribution in [-0.4, -0.2) is 30.4 Å². The van der Waals surface area contributed by atoms with Gasteiger partial charge in [-0.2, -0.15) is 0 Å². The van der Waals surface area contributed by atoms with Gasteiger partial charge in [0.1, 0.15) is 23.4 Å². The first-order chi connectivity index (χ1) is 20.4. The zero-order chi connectivity index (χ0) is 29.3. The number of nitrogens with one attached hydrogen (secondary N) is 1. The molecular weight excluding hydrogens is 588 g/mol. The van der Waals surface area contributed by atoms with Gasteiger partial charge in [0, 0.05) is 29.0 Å². The lowest BCUT2D eigenvalue weighted by molar-refractivity contribution is -0.118. The lowest BCUT2D eigenvalue weighted by Crippen LogP contribution is -2.34. The van der Waals surface area contributed by atoms with Gasteiger partial charge in [-0.05, 0) is 104 Å². The van der Waals surface area contributed by atoms with E-state index in [1.807, 2.05) is 74.5 Å². The number of likely N-dealkylation sites (tertiary alicyclic amines) is 1.